The van der Waals surface area contributed by atoms with Crippen molar-refractivity contribution in [1.82, 2.24) is 0 Å². The van der Waals surface area contributed by atoms with Crippen LogP contribution in [0, 0.1) is 5.92 Å². The second-order valence-corrected chi connectivity index (χ2v) is 6.29. The molecule has 0 spiro atoms. The Morgan fingerprint density at radius 2 is 1.92 bits per heavy atom. The van der Waals surface area contributed by atoms with Gasteiger partial charge < -0.3 is 0 Å². The highest BCUT2D eigenvalue weighted by Gasteiger charge is 2.18. The second kappa shape index (κ2) is 6.11. The van der Waals surface area contributed by atoms with Crippen LogP contribution in [-0.4, -0.2) is 14.7 Å². The van der Waals surface area contributed by atoms with E-state index >= 15 is 0 Å². The van der Waals surface area contributed by atoms with E-state index in [0.717, 1.165) is 4.20 Å². The summed E-state index contributed by atoms with van der Waals surface area (Å²) in [4.78, 5) is 0. The average Bonchev–Trinajstić information content (AvgIpc) is 2.15. The first-order valence-electron chi connectivity index (χ1n) is 4.26. The van der Waals surface area contributed by atoms with Crippen LogP contribution in [0.3, 0.4) is 0 Å². The molecule has 0 aromatic carbocycles. The van der Waals surface area contributed by atoms with E-state index in [2.05, 4.69) is 0 Å². The third kappa shape index (κ3) is 3.15. The van der Waals surface area contributed by atoms with Crippen molar-refractivity contribution in [2.75, 3.05) is 6.26 Å². The fourth-order valence-corrected chi connectivity index (χ4v) is 4.35. The van der Waals surface area contributed by atoms with E-state index in [4.69, 9.17) is 0 Å². The standard InChI is InChI=1S/C8H14OS3/c1-10-12-8(11-9)7-5-3-2-4-6-7/h7H,2-6H2,1H3. The Hall–Kier alpha value is 0.590. The van der Waals surface area contributed by atoms with Gasteiger partial charge in [-0.1, -0.05) is 30.1 Å². The van der Waals surface area contributed by atoms with E-state index in [1.807, 2.05) is 6.26 Å². The zero-order chi connectivity index (χ0) is 8.81. The van der Waals surface area contributed by atoms with Crippen LogP contribution in [0.4, 0.5) is 0 Å². The van der Waals surface area contributed by atoms with Crippen molar-refractivity contribution in [1.29, 1.82) is 0 Å². The molecular weight excluding hydrogens is 208 g/mol. The van der Waals surface area contributed by atoms with Gasteiger partial charge in [0.05, 0.1) is 4.20 Å². The van der Waals surface area contributed by atoms with Gasteiger partial charge in [0.2, 0.25) is 0 Å². The van der Waals surface area contributed by atoms with Crippen LogP contribution in [-0.2, 0) is 11.3 Å². The molecule has 70 valence electrons. The van der Waals surface area contributed by atoms with Crippen molar-refractivity contribution in [2.45, 2.75) is 32.1 Å². The fraction of sp³-hybridized carbons (Fsp3) is 0.875. The van der Waals surface area contributed by atoms with E-state index < -0.39 is 0 Å². The summed E-state index contributed by atoms with van der Waals surface area (Å²) >= 11 is 0.710. The van der Waals surface area contributed by atoms with E-state index in [1.54, 1.807) is 21.6 Å². The lowest BCUT2D eigenvalue weighted by Crippen LogP contribution is -2.14. The molecule has 0 aromatic rings. The Morgan fingerprint density at radius 1 is 1.25 bits per heavy atom. The van der Waals surface area contributed by atoms with Gasteiger partial charge in [-0.05, 0) is 29.9 Å². The normalized spacial score (nSPS) is 19.1. The van der Waals surface area contributed by atoms with Crippen LogP contribution < -0.4 is 0 Å². The Morgan fingerprint density at radius 3 is 2.42 bits per heavy atom. The molecule has 0 bridgehead atoms. The summed E-state index contributed by atoms with van der Waals surface area (Å²) in [5.74, 6) is 0.596. The molecule has 4 heteroatoms. The van der Waals surface area contributed by atoms with E-state index in [1.165, 1.54) is 32.1 Å². The highest BCUT2D eigenvalue weighted by Crippen LogP contribution is 2.32. The monoisotopic (exact) mass is 222 g/mol. The molecule has 12 heavy (non-hydrogen) atoms. The van der Waals surface area contributed by atoms with Gasteiger partial charge in [-0.25, -0.2) is 4.21 Å². The molecule has 1 nitrogen and oxygen atoms in total. The third-order valence-corrected chi connectivity index (χ3v) is 5.16. The van der Waals surface area contributed by atoms with Crippen molar-refractivity contribution in [2.24, 2.45) is 5.92 Å². The first kappa shape index (κ1) is 10.7. The highest BCUT2D eigenvalue weighted by atomic mass is 33.1. The lowest BCUT2D eigenvalue weighted by molar-refractivity contribution is 0.446. The molecule has 0 amide bonds. The third-order valence-electron chi connectivity index (χ3n) is 2.19. The summed E-state index contributed by atoms with van der Waals surface area (Å²) in [7, 11) is 3.35. The van der Waals surface area contributed by atoms with Crippen molar-refractivity contribution in [3.05, 3.63) is 0 Å². The fourth-order valence-electron chi connectivity index (χ4n) is 1.57. The smallest absolute Gasteiger partial charge is 0.100 e. The molecule has 0 saturated heterocycles. The van der Waals surface area contributed by atoms with Gasteiger partial charge in [0.1, 0.15) is 11.3 Å². The van der Waals surface area contributed by atoms with Gasteiger partial charge in [0, 0.05) is 5.92 Å². The Balaban J connectivity index is 2.47. The maximum absolute atomic E-state index is 10.8. The predicted octanol–water partition coefficient (Wildman–Crippen LogP) is 2.92. The lowest BCUT2D eigenvalue weighted by atomic mass is 9.91. The van der Waals surface area contributed by atoms with E-state index in [0.29, 0.717) is 17.2 Å². The molecular formula is C8H14OS3. The minimum Gasteiger partial charge on any atom is -0.211 e. The first-order valence-corrected chi connectivity index (χ1v) is 7.55. The Bertz CT molecular complexity index is 181. The Labute approximate surface area is 85.5 Å². The summed E-state index contributed by atoms with van der Waals surface area (Å²) in [6.45, 7) is 0. The second-order valence-electron chi connectivity index (χ2n) is 2.99. The molecule has 1 rings (SSSR count). The van der Waals surface area contributed by atoms with Crippen LogP contribution >= 0.6 is 21.6 Å². The highest BCUT2D eigenvalue weighted by molar-refractivity contribution is 8.83. The van der Waals surface area contributed by atoms with Gasteiger partial charge >= 0.3 is 0 Å². The van der Waals surface area contributed by atoms with Crippen molar-refractivity contribution >= 4 is 37.0 Å². The number of hydrogen-bond acceptors (Lipinski definition) is 3. The summed E-state index contributed by atoms with van der Waals surface area (Å²) in [6.07, 6.45) is 8.48. The number of hydrogen-bond donors (Lipinski definition) is 0. The molecule has 0 heterocycles. The number of rotatable bonds is 2. The van der Waals surface area contributed by atoms with E-state index in [-0.39, 0.29) is 0 Å². The Kier molecular flexibility index (Phi) is 5.43. The quantitative estimate of drug-likeness (QED) is 0.528. The minimum absolute atomic E-state index is 0.596. The van der Waals surface area contributed by atoms with Crippen LogP contribution in [0.1, 0.15) is 32.1 Å². The van der Waals surface area contributed by atoms with Crippen LogP contribution in [0.2, 0.25) is 0 Å². The van der Waals surface area contributed by atoms with Crippen LogP contribution in [0.5, 0.6) is 0 Å². The molecule has 0 aliphatic heterocycles. The molecule has 0 aromatic heterocycles. The van der Waals surface area contributed by atoms with Crippen molar-refractivity contribution in [3.8, 4) is 0 Å². The lowest BCUT2D eigenvalue weighted by Gasteiger charge is -2.20. The zero-order valence-electron chi connectivity index (χ0n) is 7.25. The molecule has 0 N–H and O–H groups in total. The van der Waals surface area contributed by atoms with Gasteiger partial charge in [0.25, 0.3) is 0 Å². The van der Waals surface area contributed by atoms with E-state index in [9.17, 15) is 4.21 Å². The first-order chi connectivity index (χ1) is 5.88. The van der Waals surface area contributed by atoms with Crippen molar-refractivity contribution < 1.29 is 4.21 Å². The molecule has 1 saturated carbocycles. The zero-order valence-corrected chi connectivity index (χ0v) is 9.70. The molecule has 0 atom stereocenters. The van der Waals surface area contributed by atoms with Gasteiger partial charge in [-0.15, -0.1) is 0 Å². The molecule has 1 fully saturated rings. The molecule has 1 aliphatic carbocycles. The maximum Gasteiger partial charge on any atom is 0.100 e. The largest absolute Gasteiger partial charge is 0.211 e. The molecule has 1 aliphatic rings. The minimum atomic E-state index is 0.596. The SMILES string of the molecule is CSSC(=S=O)C1CCCCC1. The summed E-state index contributed by atoms with van der Waals surface area (Å²) in [5, 5.41) is 0. The van der Waals surface area contributed by atoms with Crippen molar-refractivity contribution in [3.63, 3.8) is 0 Å². The summed E-state index contributed by atoms with van der Waals surface area (Å²) < 4.78 is 11.9. The van der Waals surface area contributed by atoms with Gasteiger partial charge in [-0.3, -0.25) is 0 Å². The molecule has 0 unspecified atom stereocenters. The van der Waals surface area contributed by atoms with Gasteiger partial charge in [-0.2, -0.15) is 0 Å². The average molecular weight is 222 g/mol. The topological polar surface area (TPSA) is 17.1 Å². The summed E-state index contributed by atoms with van der Waals surface area (Å²) in [5.41, 5.74) is 0. The summed E-state index contributed by atoms with van der Waals surface area (Å²) in [6, 6.07) is 0. The van der Waals surface area contributed by atoms with Gasteiger partial charge in [0.15, 0.2) is 0 Å². The van der Waals surface area contributed by atoms with Crippen LogP contribution in [0.25, 0.3) is 0 Å². The van der Waals surface area contributed by atoms with Crippen LogP contribution in [0.15, 0.2) is 0 Å². The predicted molar refractivity (Wildman–Crippen MR) is 60.8 cm³/mol. The molecule has 0 radical (unpaired) electrons. The maximum atomic E-state index is 10.8.